The van der Waals surface area contributed by atoms with Gasteiger partial charge in [0.05, 0.1) is 4.92 Å². The number of nitro benzene ring substituents is 1. The van der Waals surface area contributed by atoms with E-state index in [0.29, 0.717) is 10.2 Å². The van der Waals surface area contributed by atoms with Crippen molar-refractivity contribution in [3.8, 4) is 0 Å². The Bertz CT molecular complexity index is 688. The van der Waals surface area contributed by atoms with Crippen molar-refractivity contribution in [3.63, 3.8) is 0 Å². The summed E-state index contributed by atoms with van der Waals surface area (Å²) in [6.07, 6.45) is 1.48. The molecule has 1 amide bonds. The van der Waals surface area contributed by atoms with Crippen LogP contribution in [0.15, 0.2) is 41.1 Å². The molecule has 0 fully saturated rings. The summed E-state index contributed by atoms with van der Waals surface area (Å²) in [6, 6.07) is 7.62. The van der Waals surface area contributed by atoms with Gasteiger partial charge in [0.25, 0.3) is 11.6 Å². The zero-order valence-corrected chi connectivity index (χ0v) is 12.0. The quantitative estimate of drug-likeness (QED) is 0.529. The van der Waals surface area contributed by atoms with Crippen LogP contribution in [0, 0.1) is 17.0 Å². The number of nitro groups is 1. The third kappa shape index (κ3) is 3.18. The zero-order chi connectivity index (χ0) is 14.7. The maximum Gasteiger partial charge on any atom is 0.292 e. The van der Waals surface area contributed by atoms with Crippen LogP contribution in [0.5, 0.6) is 0 Å². The highest BCUT2D eigenvalue weighted by Gasteiger charge is 2.16. The molecule has 1 aromatic heterocycles. The second kappa shape index (κ2) is 5.79. The summed E-state index contributed by atoms with van der Waals surface area (Å²) in [5, 5.41) is 13.5. The van der Waals surface area contributed by atoms with Crippen molar-refractivity contribution in [2.45, 2.75) is 6.92 Å². The highest BCUT2D eigenvalue weighted by molar-refractivity contribution is 9.10. The SMILES string of the molecule is Cc1ccc([N+](=O)[O-])c(NC(=O)c2ccnc(Br)c2)c1. The fraction of sp³-hybridized carbons (Fsp3) is 0.0769. The number of nitrogens with zero attached hydrogens (tertiary/aromatic N) is 2. The number of hydrogen-bond acceptors (Lipinski definition) is 4. The first kappa shape index (κ1) is 14.1. The van der Waals surface area contributed by atoms with Gasteiger partial charge in [-0.2, -0.15) is 0 Å². The average molecular weight is 336 g/mol. The largest absolute Gasteiger partial charge is 0.316 e. The molecule has 102 valence electrons. The second-order valence-corrected chi connectivity index (χ2v) is 4.91. The van der Waals surface area contributed by atoms with E-state index in [-0.39, 0.29) is 11.4 Å². The van der Waals surface area contributed by atoms with Gasteiger partial charge in [-0.25, -0.2) is 4.98 Å². The van der Waals surface area contributed by atoms with E-state index >= 15 is 0 Å². The Kier molecular flexibility index (Phi) is 4.09. The molecular formula is C13H10BrN3O3. The van der Waals surface area contributed by atoms with Crippen molar-refractivity contribution in [1.82, 2.24) is 4.98 Å². The molecule has 7 heteroatoms. The summed E-state index contributed by atoms with van der Waals surface area (Å²) >= 11 is 3.17. The van der Waals surface area contributed by atoms with Gasteiger partial charge in [-0.1, -0.05) is 6.07 Å². The minimum Gasteiger partial charge on any atom is -0.316 e. The van der Waals surface area contributed by atoms with Crippen LogP contribution in [-0.4, -0.2) is 15.8 Å². The van der Waals surface area contributed by atoms with E-state index in [1.54, 1.807) is 19.1 Å². The molecule has 0 aliphatic rings. The molecule has 6 nitrogen and oxygen atoms in total. The molecule has 0 unspecified atom stereocenters. The predicted molar refractivity (Wildman–Crippen MR) is 77.7 cm³/mol. The number of nitrogens with one attached hydrogen (secondary N) is 1. The van der Waals surface area contributed by atoms with E-state index in [4.69, 9.17) is 0 Å². The van der Waals surface area contributed by atoms with Crippen LogP contribution >= 0.6 is 15.9 Å². The fourth-order valence-electron chi connectivity index (χ4n) is 1.65. The molecule has 2 aromatic rings. The Labute approximate surface area is 123 Å². The number of aryl methyl sites for hydroxylation is 1. The Hall–Kier alpha value is -2.28. The first-order chi connectivity index (χ1) is 9.47. The molecule has 0 saturated heterocycles. The fourth-order valence-corrected chi connectivity index (χ4v) is 2.01. The number of amides is 1. The van der Waals surface area contributed by atoms with Gasteiger partial charge in [-0.15, -0.1) is 0 Å². The summed E-state index contributed by atoms with van der Waals surface area (Å²) in [5.41, 5.74) is 1.22. The Balaban J connectivity index is 2.32. The molecule has 1 N–H and O–H groups in total. The standard InChI is InChI=1S/C13H10BrN3O3/c1-8-2-3-11(17(19)20)10(6-8)16-13(18)9-4-5-15-12(14)7-9/h2-7H,1H3,(H,16,18). The Morgan fingerprint density at radius 1 is 1.35 bits per heavy atom. The maximum atomic E-state index is 12.1. The number of aromatic nitrogens is 1. The van der Waals surface area contributed by atoms with E-state index in [2.05, 4.69) is 26.2 Å². The molecule has 0 atom stereocenters. The van der Waals surface area contributed by atoms with Crippen molar-refractivity contribution in [2.24, 2.45) is 0 Å². The highest BCUT2D eigenvalue weighted by atomic mass is 79.9. The molecular weight excluding hydrogens is 326 g/mol. The summed E-state index contributed by atoms with van der Waals surface area (Å²) in [7, 11) is 0. The third-order valence-electron chi connectivity index (χ3n) is 2.59. The number of pyridine rings is 1. The predicted octanol–water partition coefficient (Wildman–Crippen LogP) is 3.31. The first-order valence-corrected chi connectivity index (χ1v) is 6.44. The van der Waals surface area contributed by atoms with Gasteiger partial charge in [0.15, 0.2) is 0 Å². The molecule has 1 aromatic carbocycles. The number of rotatable bonds is 3. The minimum absolute atomic E-state index is 0.142. The molecule has 0 bridgehead atoms. The number of carbonyl (C=O) groups is 1. The van der Waals surface area contributed by atoms with Gasteiger partial charge in [-0.05, 0) is 46.6 Å². The van der Waals surface area contributed by atoms with Crippen LogP contribution in [0.1, 0.15) is 15.9 Å². The average Bonchev–Trinajstić information content (AvgIpc) is 2.38. The summed E-state index contributed by atoms with van der Waals surface area (Å²) in [6.45, 7) is 1.79. The Morgan fingerprint density at radius 3 is 2.75 bits per heavy atom. The monoisotopic (exact) mass is 335 g/mol. The van der Waals surface area contributed by atoms with Gasteiger partial charge in [0, 0.05) is 17.8 Å². The minimum atomic E-state index is -0.530. The van der Waals surface area contributed by atoms with Crippen molar-refractivity contribution < 1.29 is 9.72 Å². The van der Waals surface area contributed by atoms with Gasteiger partial charge < -0.3 is 5.32 Å². The van der Waals surface area contributed by atoms with Crippen molar-refractivity contribution >= 4 is 33.2 Å². The number of hydrogen-bond donors (Lipinski definition) is 1. The zero-order valence-electron chi connectivity index (χ0n) is 10.5. The van der Waals surface area contributed by atoms with Gasteiger partial charge >= 0.3 is 0 Å². The second-order valence-electron chi connectivity index (χ2n) is 4.10. The molecule has 2 rings (SSSR count). The third-order valence-corrected chi connectivity index (χ3v) is 3.02. The lowest BCUT2D eigenvalue weighted by Gasteiger charge is -2.07. The van der Waals surface area contributed by atoms with Crippen LogP contribution < -0.4 is 5.32 Å². The van der Waals surface area contributed by atoms with Crippen LogP contribution in [-0.2, 0) is 0 Å². The van der Waals surface area contributed by atoms with Crippen molar-refractivity contribution in [1.29, 1.82) is 0 Å². The lowest BCUT2D eigenvalue weighted by molar-refractivity contribution is -0.383. The molecule has 0 aliphatic carbocycles. The van der Waals surface area contributed by atoms with Gasteiger partial charge in [0.2, 0.25) is 0 Å². The summed E-state index contributed by atoms with van der Waals surface area (Å²) < 4.78 is 0.517. The van der Waals surface area contributed by atoms with Gasteiger partial charge in [0.1, 0.15) is 10.3 Å². The molecule has 0 radical (unpaired) electrons. The summed E-state index contributed by atoms with van der Waals surface area (Å²) in [5.74, 6) is -0.429. The van der Waals surface area contributed by atoms with E-state index < -0.39 is 10.8 Å². The molecule has 0 aliphatic heterocycles. The van der Waals surface area contributed by atoms with Crippen LogP contribution in [0.4, 0.5) is 11.4 Å². The highest BCUT2D eigenvalue weighted by Crippen LogP contribution is 2.25. The molecule has 20 heavy (non-hydrogen) atoms. The van der Waals surface area contributed by atoms with E-state index in [9.17, 15) is 14.9 Å². The van der Waals surface area contributed by atoms with E-state index in [1.807, 2.05) is 0 Å². The molecule has 0 spiro atoms. The lowest BCUT2D eigenvalue weighted by Crippen LogP contribution is -2.13. The van der Waals surface area contributed by atoms with E-state index in [1.165, 1.54) is 24.4 Å². The smallest absolute Gasteiger partial charge is 0.292 e. The molecule has 0 saturated carbocycles. The topological polar surface area (TPSA) is 85.1 Å². The van der Waals surface area contributed by atoms with Crippen molar-refractivity contribution in [3.05, 3.63) is 62.4 Å². The number of halogens is 1. The molecule has 1 heterocycles. The maximum absolute atomic E-state index is 12.1. The Morgan fingerprint density at radius 2 is 2.10 bits per heavy atom. The first-order valence-electron chi connectivity index (χ1n) is 5.65. The van der Waals surface area contributed by atoms with E-state index in [0.717, 1.165) is 5.56 Å². The lowest BCUT2D eigenvalue weighted by atomic mass is 10.2. The van der Waals surface area contributed by atoms with Gasteiger partial charge in [-0.3, -0.25) is 14.9 Å². The van der Waals surface area contributed by atoms with Crippen molar-refractivity contribution in [2.75, 3.05) is 5.32 Å². The van der Waals surface area contributed by atoms with Crippen LogP contribution in [0.25, 0.3) is 0 Å². The normalized spacial score (nSPS) is 10.1. The summed E-state index contributed by atoms with van der Waals surface area (Å²) in [4.78, 5) is 26.4. The number of benzene rings is 1. The number of carbonyl (C=O) groups excluding carboxylic acids is 1. The number of anilines is 1. The van der Waals surface area contributed by atoms with Crippen LogP contribution in [0.2, 0.25) is 0 Å². The van der Waals surface area contributed by atoms with Crippen LogP contribution in [0.3, 0.4) is 0 Å².